The Morgan fingerprint density at radius 3 is 2.43 bits per heavy atom. The van der Waals surface area contributed by atoms with E-state index in [1.165, 1.54) is 4.90 Å². The van der Waals surface area contributed by atoms with E-state index in [4.69, 9.17) is 4.74 Å². The largest absolute Gasteiger partial charge is 0.484 e. The minimum atomic E-state index is -0.271. The summed E-state index contributed by atoms with van der Waals surface area (Å²) in [7, 11) is 1.57. The first kappa shape index (κ1) is 17.0. The maximum atomic E-state index is 12.0. The molecule has 23 heavy (non-hydrogen) atoms. The van der Waals surface area contributed by atoms with Gasteiger partial charge in [0.1, 0.15) is 5.75 Å². The molecule has 6 heteroatoms. The highest BCUT2D eigenvalue weighted by molar-refractivity contribution is 9.10. The van der Waals surface area contributed by atoms with Gasteiger partial charge in [-0.25, -0.2) is 0 Å². The van der Waals surface area contributed by atoms with Crippen molar-refractivity contribution in [2.45, 2.75) is 0 Å². The molecule has 0 aromatic heterocycles. The van der Waals surface area contributed by atoms with Gasteiger partial charge in [0.15, 0.2) is 6.61 Å². The van der Waals surface area contributed by atoms with Crippen LogP contribution in [0.25, 0.3) is 0 Å². The molecule has 0 heterocycles. The number of ether oxygens (including phenoxy) is 1. The Labute approximate surface area is 143 Å². The summed E-state index contributed by atoms with van der Waals surface area (Å²) in [4.78, 5) is 25.3. The zero-order valence-corrected chi connectivity index (χ0v) is 14.2. The molecule has 2 aromatic carbocycles. The highest BCUT2D eigenvalue weighted by Crippen LogP contribution is 2.20. The van der Waals surface area contributed by atoms with Crippen LogP contribution in [0, 0.1) is 0 Å². The summed E-state index contributed by atoms with van der Waals surface area (Å²) < 4.78 is 6.16. The van der Waals surface area contributed by atoms with Gasteiger partial charge in [0.25, 0.3) is 5.91 Å². The van der Waals surface area contributed by atoms with Crippen molar-refractivity contribution in [3.63, 3.8) is 0 Å². The molecule has 0 aliphatic heterocycles. The van der Waals surface area contributed by atoms with E-state index in [0.29, 0.717) is 11.4 Å². The summed E-state index contributed by atoms with van der Waals surface area (Å²) in [6.07, 6.45) is 0. The summed E-state index contributed by atoms with van der Waals surface area (Å²) in [5.41, 5.74) is 0.666. The molecular weight excluding hydrogens is 360 g/mol. The van der Waals surface area contributed by atoms with Crippen LogP contribution in [0.1, 0.15) is 0 Å². The molecule has 0 aliphatic rings. The molecule has 0 radical (unpaired) electrons. The van der Waals surface area contributed by atoms with Crippen molar-refractivity contribution in [1.29, 1.82) is 0 Å². The van der Waals surface area contributed by atoms with E-state index in [9.17, 15) is 9.59 Å². The Hall–Kier alpha value is -2.34. The van der Waals surface area contributed by atoms with Crippen LogP contribution in [0.4, 0.5) is 5.69 Å². The standard InChI is InChI=1S/C17H17BrN2O3/c1-20(17(22)12-23-13-7-3-2-4-8-13)11-16(21)19-15-10-6-5-9-14(15)18/h2-10H,11-12H2,1H3,(H,19,21). The van der Waals surface area contributed by atoms with Crippen molar-refractivity contribution in [3.8, 4) is 5.75 Å². The van der Waals surface area contributed by atoms with Crippen LogP contribution in [-0.2, 0) is 9.59 Å². The summed E-state index contributed by atoms with van der Waals surface area (Å²) in [6, 6.07) is 16.4. The number of halogens is 1. The molecule has 5 nitrogen and oxygen atoms in total. The first-order valence-corrected chi connectivity index (χ1v) is 7.82. The normalized spacial score (nSPS) is 10.0. The Morgan fingerprint density at radius 2 is 1.74 bits per heavy atom. The zero-order valence-electron chi connectivity index (χ0n) is 12.7. The molecule has 0 atom stereocenters. The van der Waals surface area contributed by atoms with Gasteiger partial charge in [-0.1, -0.05) is 30.3 Å². The predicted molar refractivity (Wildman–Crippen MR) is 92.3 cm³/mol. The Morgan fingerprint density at radius 1 is 1.09 bits per heavy atom. The van der Waals surface area contributed by atoms with Crippen molar-refractivity contribution >= 4 is 33.4 Å². The second-order valence-electron chi connectivity index (χ2n) is 4.88. The van der Waals surface area contributed by atoms with Crippen LogP contribution in [0.15, 0.2) is 59.1 Å². The number of nitrogens with one attached hydrogen (secondary N) is 1. The van der Waals surface area contributed by atoms with Gasteiger partial charge in [-0.2, -0.15) is 0 Å². The van der Waals surface area contributed by atoms with Gasteiger partial charge in [0, 0.05) is 11.5 Å². The van der Waals surface area contributed by atoms with E-state index in [-0.39, 0.29) is 25.0 Å². The highest BCUT2D eigenvalue weighted by Gasteiger charge is 2.14. The molecule has 2 aromatic rings. The van der Waals surface area contributed by atoms with E-state index in [1.807, 2.05) is 36.4 Å². The van der Waals surface area contributed by atoms with Gasteiger partial charge in [0.2, 0.25) is 5.91 Å². The number of hydrogen-bond acceptors (Lipinski definition) is 3. The van der Waals surface area contributed by atoms with Crippen LogP contribution in [0.5, 0.6) is 5.75 Å². The molecule has 0 aliphatic carbocycles. The second kappa shape index (κ2) is 8.33. The number of likely N-dealkylation sites (N-methyl/N-ethyl adjacent to an activating group) is 1. The lowest BCUT2D eigenvalue weighted by molar-refractivity contribution is -0.135. The summed E-state index contributed by atoms with van der Waals surface area (Å²) in [5.74, 6) is 0.0792. The molecule has 1 N–H and O–H groups in total. The highest BCUT2D eigenvalue weighted by atomic mass is 79.9. The van der Waals surface area contributed by atoms with Gasteiger partial charge in [-0.05, 0) is 40.2 Å². The average Bonchev–Trinajstić information content (AvgIpc) is 2.55. The maximum Gasteiger partial charge on any atom is 0.260 e. The lowest BCUT2D eigenvalue weighted by Crippen LogP contribution is -2.37. The lowest BCUT2D eigenvalue weighted by Gasteiger charge is -2.17. The number of anilines is 1. The number of carbonyl (C=O) groups is 2. The predicted octanol–water partition coefficient (Wildman–Crippen LogP) is 2.93. The van der Waals surface area contributed by atoms with Crippen LogP contribution >= 0.6 is 15.9 Å². The molecular formula is C17H17BrN2O3. The Bertz CT molecular complexity index is 677. The molecule has 2 amide bonds. The molecule has 0 saturated heterocycles. The first-order chi connectivity index (χ1) is 11.1. The smallest absolute Gasteiger partial charge is 0.260 e. The maximum absolute atomic E-state index is 12.0. The third-order valence-corrected chi connectivity index (χ3v) is 3.75. The van der Waals surface area contributed by atoms with Crippen molar-refractivity contribution < 1.29 is 14.3 Å². The fourth-order valence-corrected chi connectivity index (χ4v) is 2.21. The summed E-state index contributed by atoms with van der Waals surface area (Å²) in [5, 5.41) is 2.75. The quantitative estimate of drug-likeness (QED) is 0.842. The molecule has 120 valence electrons. The number of benzene rings is 2. The van der Waals surface area contributed by atoms with Crippen molar-refractivity contribution in [3.05, 3.63) is 59.1 Å². The van der Waals surface area contributed by atoms with Crippen LogP contribution in [0.2, 0.25) is 0 Å². The molecule has 0 saturated carbocycles. The first-order valence-electron chi connectivity index (χ1n) is 7.02. The number of nitrogens with zero attached hydrogens (tertiary/aromatic N) is 1. The minimum absolute atomic E-state index is 0.0433. The van der Waals surface area contributed by atoms with Gasteiger partial charge >= 0.3 is 0 Å². The van der Waals surface area contributed by atoms with E-state index >= 15 is 0 Å². The van der Waals surface area contributed by atoms with Gasteiger partial charge in [0.05, 0.1) is 12.2 Å². The van der Waals surface area contributed by atoms with Crippen molar-refractivity contribution in [2.75, 3.05) is 25.5 Å². The van der Waals surface area contributed by atoms with Crippen molar-refractivity contribution in [1.82, 2.24) is 4.90 Å². The van der Waals surface area contributed by atoms with Gasteiger partial charge in [-0.15, -0.1) is 0 Å². The number of hydrogen-bond donors (Lipinski definition) is 1. The number of rotatable bonds is 6. The molecule has 0 fully saturated rings. The number of amides is 2. The van der Waals surface area contributed by atoms with Crippen LogP contribution in [-0.4, -0.2) is 36.9 Å². The van der Waals surface area contributed by atoms with Crippen LogP contribution < -0.4 is 10.1 Å². The summed E-state index contributed by atoms with van der Waals surface area (Å²) >= 11 is 3.36. The molecule has 2 rings (SSSR count). The van der Waals surface area contributed by atoms with Gasteiger partial charge < -0.3 is 15.0 Å². The third-order valence-electron chi connectivity index (χ3n) is 3.06. The minimum Gasteiger partial charge on any atom is -0.484 e. The lowest BCUT2D eigenvalue weighted by atomic mass is 10.3. The number of carbonyl (C=O) groups excluding carboxylic acids is 2. The Kier molecular flexibility index (Phi) is 6.17. The third kappa shape index (κ3) is 5.41. The van der Waals surface area contributed by atoms with Gasteiger partial charge in [-0.3, -0.25) is 9.59 Å². The molecule has 0 bridgehead atoms. The second-order valence-corrected chi connectivity index (χ2v) is 5.73. The van der Waals surface area contributed by atoms with E-state index < -0.39 is 0 Å². The fraction of sp³-hybridized carbons (Fsp3) is 0.176. The fourth-order valence-electron chi connectivity index (χ4n) is 1.83. The Balaban J connectivity index is 1.81. The van der Waals surface area contributed by atoms with Crippen molar-refractivity contribution in [2.24, 2.45) is 0 Å². The monoisotopic (exact) mass is 376 g/mol. The van der Waals surface area contributed by atoms with E-state index in [0.717, 1.165) is 4.47 Å². The van der Waals surface area contributed by atoms with E-state index in [2.05, 4.69) is 21.2 Å². The molecule has 0 spiro atoms. The topological polar surface area (TPSA) is 58.6 Å². The molecule has 0 unspecified atom stereocenters. The SMILES string of the molecule is CN(CC(=O)Nc1ccccc1Br)C(=O)COc1ccccc1. The van der Waals surface area contributed by atoms with E-state index in [1.54, 1.807) is 25.2 Å². The van der Waals surface area contributed by atoms with Crippen LogP contribution in [0.3, 0.4) is 0 Å². The zero-order chi connectivity index (χ0) is 16.7. The summed E-state index contributed by atoms with van der Waals surface area (Å²) in [6.45, 7) is -0.152. The average molecular weight is 377 g/mol. The number of para-hydroxylation sites is 2.